The largest absolute Gasteiger partial charge is 0.299 e. The summed E-state index contributed by atoms with van der Waals surface area (Å²) in [7, 11) is 0. The highest BCUT2D eigenvalue weighted by Crippen LogP contribution is 2.59. The first-order chi connectivity index (χ1) is 9.76. The van der Waals surface area contributed by atoms with Gasteiger partial charge < -0.3 is 0 Å². The van der Waals surface area contributed by atoms with Crippen LogP contribution in [-0.2, 0) is 4.79 Å². The van der Waals surface area contributed by atoms with Crippen LogP contribution in [0.5, 0.6) is 0 Å². The second kappa shape index (κ2) is 5.10. The zero-order chi connectivity index (χ0) is 15.4. The van der Waals surface area contributed by atoms with E-state index in [1.165, 1.54) is 25.7 Å². The minimum atomic E-state index is -0.0122. The van der Waals surface area contributed by atoms with Crippen molar-refractivity contribution in [3.05, 3.63) is 0 Å². The lowest BCUT2D eigenvalue weighted by atomic mass is 9.48. The highest BCUT2D eigenvalue weighted by Gasteiger charge is 2.53. The molecule has 0 aliphatic heterocycles. The SMILES string of the molecule is C[C@@H]1CCC(=O)[C@@]2(C)CC[C@H]3[C@H](C)CC[C@@H](C[C@H]12)C3(C)C. The van der Waals surface area contributed by atoms with Crippen LogP contribution in [0.2, 0.25) is 0 Å². The summed E-state index contributed by atoms with van der Waals surface area (Å²) in [6.07, 6.45) is 8.49. The summed E-state index contributed by atoms with van der Waals surface area (Å²) in [5.41, 5.74) is 0.459. The average molecular weight is 290 g/mol. The van der Waals surface area contributed by atoms with Crippen molar-refractivity contribution in [2.24, 2.45) is 40.4 Å². The van der Waals surface area contributed by atoms with Crippen molar-refractivity contribution in [1.82, 2.24) is 0 Å². The zero-order valence-electron chi connectivity index (χ0n) is 14.7. The van der Waals surface area contributed by atoms with Gasteiger partial charge in [-0.1, -0.05) is 41.0 Å². The van der Waals surface area contributed by atoms with Crippen molar-refractivity contribution in [2.75, 3.05) is 0 Å². The summed E-state index contributed by atoms with van der Waals surface area (Å²) in [6, 6.07) is 0. The van der Waals surface area contributed by atoms with Crippen LogP contribution in [0.4, 0.5) is 0 Å². The third kappa shape index (κ3) is 2.30. The van der Waals surface area contributed by atoms with Gasteiger partial charge in [-0.2, -0.15) is 0 Å². The quantitative estimate of drug-likeness (QED) is 0.577. The van der Waals surface area contributed by atoms with Gasteiger partial charge in [-0.3, -0.25) is 4.79 Å². The maximum Gasteiger partial charge on any atom is 0.139 e. The summed E-state index contributed by atoms with van der Waals surface area (Å²) in [4.78, 5) is 12.7. The molecule has 3 fully saturated rings. The van der Waals surface area contributed by atoms with Gasteiger partial charge in [0.1, 0.15) is 5.78 Å². The van der Waals surface area contributed by atoms with Crippen LogP contribution < -0.4 is 0 Å². The van der Waals surface area contributed by atoms with Crippen molar-refractivity contribution >= 4 is 5.78 Å². The van der Waals surface area contributed by atoms with Gasteiger partial charge in [0.2, 0.25) is 0 Å². The molecule has 0 heterocycles. The molecule has 3 saturated carbocycles. The minimum Gasteiger partial charge on any atom is -0.299 e. The lowest BCUT2D eigenvalue weighted by Gasteiger charge is -2.56. The molecule has 0 aromatic heterocycles. The van der Waals surface area contributed by atoms with E-state index in [1.54, 1.807) is 0 Å². The molecule has 2 bridgehead atoms. The fraction of sp³-hybridized carbons (Fsp3) is 0.950. The number of carbonyl (C=O) groups is 1. The number of hydrogen-bond donors (Lipinski definition) is 0. The van der Waals surface area contributed by atoms with Gasteiger partial charge in [-0.15, -0.1) is 0 Å². The van der Waals surface area contributed by atoms with Gasteiger partial charge in [-0.05, 0) is 67.1 Å². The Kier molecular flexibility index (Phi) is 3.78. The predicted octanol–water partition coefficient (Wildman–Crippen LogP) is 5.48. The maximum atomic E-state index is 12.7. The van der Waals surface area contributed by atoms with Crippen molar-refractivity contribution in [3.63, 3.8) is 0 Å². The fourth-order valence-corrected chi connectivity index (χ4v) is 6.41. The van der Waals surface area contributed by atoms with Gasteiger partial charge in [0.15, 0.2) is 0 Å². The predicted molar refractivity (Wildman–Crippen MR) is 88.0 cm³/mol. The van der Waals surface area contributed by atoms with E-state index in [1.807, 2.05) is 0 Å². The minimum absolute atomic E-state index is 0.0122. The first-order valence-corrected chi connectivity index (χ1v) is 9.30. The van der Waals surface area contributed by atoms with Gasteiger partial charge >= 0.3 is 0 Å². The standard InChI is InChI=1S/C20H34O/c1-13-6-8-15-12-17-14(2)7-9-18(21)20(17,5)11-10-16(13)19(15,3)4/h13-17H,6-12H2,1-5H3/t13-,14-,15+,16+,17-,20+/m1/s1. The Morgan fingerprint density at radius 3 is 2.29 bits per heavy atom. The molecule has 0 saturated heterocycles. The Hall–Kier alpha value is -0.330. The van der Waals surface area contributed by atoms with E-state index in [0.717, 1.165) is 42.9 Å². The van der Waals surface area contributed by atoms with Crippen molar-refractivity contribution in [2.45, 2.75) is 79.6 Å². The van der Waals surface area contributed by atoms with E-state index in [-0.39, 0.29) is 5.41 Å². The molecule has 0 unspecified atom stereocenters. The number of Topliss-reactive ketones (excluding diaryl/α,β-unsaturated/α-hetero) is 1. The van der Waals surface area contributed by atoms with E-state index in [9.17, 15) is 4.79 Å². The van der Waals surface area contributed by atoms with Gasteiger partial charge in [0, 0.05) is 11.8 Å². The van der Waals surface area contributed by atoms with E-state index in [4.69, 9.17) is 0 Å². The van der Waals surface area contributed by atoms with Crippen molar-refractivity contribution in [3.8, 4) is 0 Å². The number of ketones is 1. The first-order valence-electron chi connectivity index (χ1n) is 9.30. The summed E-state index contributed by atoms with van der Waals surface area (Å²) >= 11 is 0. The Labute approximate surface area is 131 Å². The average Bonchev–Trinajstić information content (AvgIpc) is 2.40. The molecule has 6 atom stereocenters. The molecule has 0 aromatic carbocycles. The van der Waals surface area contributed by atoms with Gasteiger partial charge in [-0.25, -0.2) is 0 Å². The Morgan fingerprint density at radius 2 is 1.57 bits per heavy atom. The fourth-order valence-electron chi connectivity index (χ4n) is 6.41. The van der Waals surface area contributed by atoms with E-state index >= 15 is 0 Å². The third-order valence-electron chi connectivity index (χ3n) is 8.15. The Morgan fingerprint density at radius 1 is 0.905 bits per heavy atom. The van der Waals surface area contributed by atoms with E-state index in [2.05, 4.69) is 34.6 Å². The molecule has 21 heavy (non-hydrogen) atoms. The van der Waals surface area contributed by atoms with E-state index < -0.39 is 0 Å². The van der Waals surface area contributed by atoms with Crippen LogP contribution in [0.1, 0.15) is 79.6 Å². The second-order valence-corrected chi connectivity index (χ2v) is 9.42. The smallest absolute Gasteiger partial charge is 0.139 e. The third-order valence-corrected chi connectivity index (χ3v) is 8.15. The molecule has 0 radical (unpaired) electrons. The Bertz CT molecular complexity index is 424. The van der Waals surface area contributed by atoms with Crippen LogP contribution in [0.25, 0.3) is 0 Å². The second-order valence-electron chi connectivity index (χ2n) is 9.42. The summed E-state index contributed by atoms with van der Waals surface area (Å²) in [5.74, 6) is 4.44. The maximum absolute atomic E-state index is 12.7. The highest BCUT2D eigenvalue weighted by molar-refractivity contribution is 5.85. The molecule has 0 aromatic rings. The summed E-state index contributed by atoms with van der Waals surface area (Å²) in [5, 5.41) is 0. The van der Waals surface area contributed by atoms with Crippen LogP contribution in [0.3, 0.4) is 0 Å². The molecule has 1 nitrogen and oxygen atoms in total. The molecule has 3 rings (SSSR count). The monoisotopic (exact) mass is 290 g/mol. The van der Waals surface area contributed by atoms with Crippen LogP contribution >= 0.6 is 0 Å². The Balaban J connectivity index is 1.96. The summed E-state index contributed by atoms with van der Waals surface area (Å²) < 4.78 is 0. The molecule has 0 N–H and O–H groups in total. The van der Waals surface area contributed by atoms with Gasteiger partial charge in [0.05, 0.1) is 0 Å². The molecule has 3 aliphatic rings. The lowest BCUT2D eigenvalue weighted by Crippen LogP contribution is -2.51. The molecular formula is C20H34O. The lowest BCUT2D eigenvalue weighted by molar-refractivity contribution is -0.143. The normalized spacial score (nSPS) is 50.0. The number of rotatable bonds is 0. The number of hydrogen-bond acceptors (Lipinski definition) is 1. The van der Waals surface area contributed by atoms with Crippen molar-refractivity contribution in [1.29, 1.82) is 0 Å². The summed E-state index contributed by atoms with van der Waals surface area (Å²) in [6.45, 7) is 12.2. The molecule has 120 valence electrons. The molecule has 3 aliphatic carbocycles. The van der Waals surface area contributed by atoms with Crippen LogP contribution in [0.15, 0.2) is 0 Å². The molecular weight excluding hydrogens is 256 g/mol. The van der Waals surface area contributed by atoms with Gasteiger partial charge in [0.25, 0.3) is 0 Å². The number of fused-ring (bicyclic) bond motifs is 3. The van der Waals surface area contributed by atoms with Crippen molar-refractivity contribution < 1.29 is 4.79 Å². The van der Waals surface area contributed by atoms with E-state index in [0.29, 0.717) is 17.1 Å². The zero-order valence-corrected chi connectivity index (χ0v) is 14.7. The highest BCUT2D eigenvalue weighted by atomic mass is 16.1. The van der Waals surface area contributed by atoms with Crippen LogP contribution in [-0.4, -0.2) is 5.78 Å². The molecule has 0 spiro atoms. The van der Waals surface area contributed by atoms with Crippen LogP contribution in [0, 0.1) is 40.4 Å². The first kappa shape index (κ1) is 15.6. The topological polar surface area (TPSA) is 17.1 Å². The number of carbonyl (C=O) groups excluding carboxylic acids is 1. The molecule has 0 amide bonds. The molecule has 1 heteroatoms.